The lowest BCUT2D eigenvalue weighted by molar-refractivity contribution is -0.160. The maximum atomic E-state index is 12.4. The zero-order valence-electron chi connectivity index (χ0n) is 20.7. The summed E-state index contributed by atoms with van der Waals surface area (Å²) in [6.07, 6.45) is 0. The number of carbonyl (C=O) groups excluding carboxylic acids is 4. The zero-order chi connectivity index (χ0) is 24.8. The summed E-state index contributed by atoms with van der Waals surface area (Å²) < 4.78 is 20.5. The molecule has 0 unspecified atom stereocenters. The maximum absolute atomic E-state index is 12.4. The molecule has 4 atom stereocenters. The number of rotatable bonds is 15. The second-order valence-corrected chi connectivity index (χ2v) is 7.19. The molecule has 0 heterocycles. The second kappa shape index (κ2) is 15.6. The van der Waals surface area contributed by atoms with Crippen molar-refractivity contribution in [1.29, 1.82) is 0 Å². The molecular formula is C22H40N2O8. The molecular weight excluding hydrogens is 420 g/mol. The molecule has 0 bridgehead atoms. The topological polar surface area (TPSA) is 112 Å². The minimum absolute atomic E-state index is 0.188. The molecule has 0 saturated heterocycles. The van der Waals surface area contributed by atoms with Gasteiger partial charge in [-0.2, -0.15) is 0 Å². The largest absolute Gasteiger partial charge is 0.465 e. The van der Waals surface area contributed by atoms with Crippen LogP contribution in [0.5, 0.6) is 0 Å². The lowest BCUT2D eigenvalue weighted by Crippen LogP contribution is -2.55. The van der Waals surface area contributed by atoms with Crippen molar-refractivity contribution in [2.75, 3.05) is 39.5 Å². The Bertz CT molecular complexity index is 513. The van der Waals surface area contributed by atoms with Gasteiger partial charge in [-0.15, -0.1) is 0 Å². The van der Waals surface area contributed by atoms with Crippen LogP contribution in [-0.4, -0.2) is 97.4 Å². The van der Waals surface area contributed by atoms with E-state index >= 15 is 0 Å². The molecule has 186 valence electrons. The van der Waals surface area contributed by atoms with Crippen LogP contribution in [0, 0.1) is 0 Å². The minimum Gasteiger partial charge on any atom is -0.465 e. The van der Waals surface area contributed by atoms with Gasteiger partial charge in [0.2, 0.25) is 0 Å². The second-order valence-electron chi connectivity index (χ2n) is 7.19. The summed E-state index contributed by atoms with van der Waals surface area (Å²) in [4.78, 5) is 52.8. The van der Waals surface area contributed by atoms with Gasteiger partial charge in [0.05, 0.1) is 26.4 Å². The fourth-order valence-electron chi connectivity index (χ4n) is 3.27. The van der Waals surface area contributed by atoms with Crippen molar-refractivity contribution >= 4 is 23.9 Å². The third-order valence-electron chi connectivity index (χ3n) is 5.12. The van der Waals surface area contributed by atoms with Gasteiger partial charge in [0.15, 0.2) is 0 Å². The van der Waals surface area contributed by atoms with Crippen LogP contribution in [0.1, 0.15) is 55.4 Å². The van der Waals surface area contributed by atoms with Crippen molar-refractivity contribution in [3.8, 4) is 0 Å². The molecule has 0 aromatic rings. The van der Waals surface area contributed by atoms with Gasteiger partial charge in [0.1, 0.15) is 24.2 Å². The minimum atomic E-state index is -0.744. The van der Waals surface area contributed by atoms with Gasteiger partial charge in [-0.05, 0) is 55.4 Å². The van der Waals surface area contributed by atoms with Crippen LogP contribution in [0.4, 0.5) is 0 Å². The van der Waals surface area contributed by atoms with Gasteiger partial charge < -0.3 is 18.9 Å². The molecule has 0 saturated carbocycles. The van der Waals surface area contributed by atoms with E-state index < -0.39 is 48.0 Å². The van der Waals surface area contributed by atoms with E-state index in [1.54, 1.807) is 65.2 Å². The van der Waals surface area contributed by atoms with Crippen molar-refractivity contribution in [3.05, 3.63) is 0 Å². The molecule has 0 aliphatic heterocycles. The smallest absolute Gasteiger partial charge is 0.323 e. The zero-order valence-corrected chi connectivity index (χ0v) is 20.7. The van der Waals surface area contributed by atoms with Gasteiger partial charge in [-0.3, -0.25) is 29.0 Å². The van der Waals surface area contributed by atoms with E-state index in [0.29, 0.717) is 0 Å². The van der Waals surface area contributed by atoms with Crippen molar-refractivity contribution in [1.82, 2.24) is 9.80 Å². The Morgan fingerprint density at radius 3 is 0.844 bits per heavy atom. The lowest BCUT2D eigenvalue weighted by Gasteiger charge is -2.36. The van der Waals surface area contributed by atoms with E-state index in [4.69, 9.17) is 18.9 Å². The van der Waals surface area contributed by atoms with Crippen molar-refractivity contribution < 1.29 is 38.1 Å². The first kappa shape index (κ1) is 29.8. The molecule has 0 N–H and O–H groups in total. The predicted molar refractivity (Wildman–Crippen MR) is 118 cm³/mol. The molecule has 0 spiro atoms. The monoisotopic (exact) mass is 460 g/mol. The number of hydrogen-bond acceptors (Lipinski definition) is 10. The lowest BCUT2D eigenvalue weighted by atomic mass is 10.1. The Hall–Kier alpha value is -2.20. The van der Waals surface area contributed by atoms with Crippen LogP contribution in [0.2, 0.25) is 0 Å². The highest BCUT2D eigenvalue weighted by Crippen LogP contribution is 2.14. The molecule has 10 nitrogen and oxygen atoms in total. The van der Waals surface area contributed by atoms with E-state index in [9.17, 15) is 19.2 Å². The Kier molecular flexibility index (Phi) is 14.5. The van der Waals surface area contributed by atoms with Crippen LogP contribution in [-0.2, 0) is 38.1 Å². The van der Waals surface area contributed by atoms with E-state index in [-0.39, 0.29) is 39.5 Å². The number of hydrogen-bond donors (Lipinski definition) is 0. The first-order valence-corrected chi connectivity index (χ1v) is 11.2. The molecule has 10 heteroatoms. The summed E-state index contributed by atoms with van der Waals surface area (Å²) in [5, 5.41) is 0. The molecule has 0 aliphatic rings. The highest BCUT2D eigenvalue weighted by Gasteiger charge is 2.35. The van der Waals surface area contributed by atoms with E-state index in [0.717, 1.165) is 0 Å². The number of ether oxygens (including phenoxy) is 4. The quantitative estimate of drug-likeness (QED) is 0.262. The fourth-order valence-corrected chi connectivity index (χ4v) is 3.27. The van der Waals surface area contributed by atoms with E-state index in [2.05, 4.69) is 0 Å². The van der Waals surface area contributed by atoms with Crippen molar-refractivity contribution in [3.63, 3.8) is 0 Å². The summed E-state index contributed by atoms with van der Waals surface area (Å²) >= 11 is 0. The number of carbonyl (C=O) groups is 4. The van der Waals surface area contributed by atoms with Crippen LogP contribution in [0.25, 0.3) is 0 Å². The third-order valence-corrected chi connectivity index (χ3v) is 5.12. The summed E-state index contributed by atoms with van der Waals surface area (Å²) in [5.74, 6) is -1.92. The van der Waals surface area contributed by atoms with E-state index in [1.165, 1.54) is 0 Å². The molecule has 0 fully saturated rings. The molecule has 0 radical (unpaired) electrons. The third kappa shape index (κ3) is 9.12. The normalized spacial score (nSPS) is 14.9. The van der Waals surface area contributed by atoms with Gasteiger partial charge in [0, 0.05) is 13.1 Å². The summed E-state index contributed by atoms with van der Waals surface area (Å²) in [6, 6.07) is -2.97. The molecule has 0 aliphatic carbocycles. The van der Waals surface area contributed by atoms with Crippen LogP contribution in [0.15, 0.2) is 0 Å². The highest BCUT2D eigenvalue weighted by molar-refractivity contribution is 5.80. The first-order chi connectivity index (χ1) is 15.1. The standard InChI is InChI=1S/C22H40N2O8/c1-9-29-19(25)15(5)23(16(6)20(26)30-10-2)13-14-24(17(7)21(27)31-11-3)18(8)22(28)32-12-4/h15-18H,9-14H2,1-8H3/t15-,16-,17-,18-/m1/s1. The van der Waals surface area contributed by atoms with Gasteiger partial charge in [0.25, 0.3) is 0 Å². The van der Waals surface area contributed by atoms with Crippen LogP contribution >= 0.6 is 0 Å². The average molecular weight is 461 g/mol. The van der Waals surface area contributed by atoms with Crippen molar-refractivity contribution in [2.24, 2.45) is 0 Å². The Morgan fingerprint density at radius 1 is 0.500 bits per heavy atom. The number of esters is 4. The van der Waals surface area contributed by atoms with Crippen molar-refractivity contribution in [2.45, 2.75) is 79.6 Å². The molecule has 0 rings (SSSR count). The van der Waals surface area contributed by atoms with Gasteiger partial charge in [-0.1, -0.05) is 0 Å². The first-order valence-electron chi connectivity index (χ1n) is 11.2. The summed E-state index contributed by atoms with van der Waals surface area (Å²) in [6.45, 7) is 14.6. The molecule has 0 aromatic carbocycles. The number of nitrogens with zero attached hydrogens (tertiary/aromatic N) is 2. The fraction of sp³-hybridized carbons (Fsp3) is 0.818. The average Bonchev–Trinajstić information content (AvgIpc) is 2.75. The summed E-state index contributed by atoms with van der Waals surface area (Å²) in [7, 11) is 0. The maximum Gasteiger partial charge on any atom is 0.323 e. The Labute approximate surface area is 191 Å². The van der Waals surface area contributed by atoms with Gasteiger partial charge in [-0.25, -0.2) is 0 Å². The molecule has 0 aromatic heterocycles. The highest BCUT2D eigenvalue weighted by atomic mass is 16.5. The SMILES string of the molecule is CCOC(=O)[C@@H](C)N(CCN([C@H](C)C(=O)OCC)[C@H](C)C(=O)OCC)[C@H](C)C(=O)OCC. The Balaban J connectivity index is 5.79. The Morgan fingerprint density at radius 2 is 0.688 bits per heavy atom. The molecule has 0 amide bonds. The molecule has 32 heavy (non-hydrogen) atoms. The van der Waals surface area contributed by atoms with Crippen LogP contribution < -0.4 is 0 Å². The predicted octanol–water partition coefficient (Wildman–Crippen LogP) is 1.40. The van der Waals surface area contributed by atoms with Gasteiger partial charge >= 0.3 is 23.9 Å². The summed E-state index contributed by atoms with van der Waals surface area (Å²) in [5.41, 5.74) is 0. The van der Waals surface area contributed by atoms with Crippen LogP contribution in [0.3, 0.4) is 0 Å². The van der Waals surface area contributed by atoms with E-state index in [1.807, 2.05) is 0 Å².